The van der Waals surface area contributed by atoms with Gasteiger partial charge in [-0.1, -0.05) is 13.8 Å². The largest absolute Gasteiger partial charge is 0.327 e. The van der Waals surface area contributed by atoms with E-state index in [4.69, 9.17) is 5.73 Å². The Hall–Kier alpha value is -0.120. The minimum Gasteiger partial charge on any atom is -0.327 e. The monoisotopic (exact) mass is 239 g/mol. The Morgan fingerprint density at radius 2 is 2.06 bits per heavy atom. The van der Waals surface area contributed by atoms with Crippen LogP contribution in [0.2, 0.25) is 0 Å². The first-order chi connectivity index (χ1) is 8.09. The number of fused-ring (bicyclic) bond motifs is 1. The van der Waals surface area contributed by atoms with Crippen LogP contribution < -0.4 is 5.73 Å². The number of nitrogens with zero attached hydrogens (tertiary/aromatic N) is 2. The summed E-state index contributed by atoms with van der Waals surface area (Å²) in [7, 11) is 2.29. The second-order valence-corrected chi connectivity index (χ2v) is 6.28. The Balaban J connectivity index is 1.78. The molecule has 2 fully saturated rings. The maximum absolute atomic E-state index is 6.13. The van der Waals surface area contributed by atoms with Crippen molar-refractivity contribution >= 4 is 0 Å². The van der Waals surface area contributed by atoms with E-state index in [2.05, 4.69) is 30.7 Å². The molecular weight excluding hydrogens is 210 g/mol. The van der Waals surface area contributed by atoms with Crippen molar-refractivity contribution in [1.29, 1.82) is 0 Å². The summed E-state index contributed by atoms with van der Waals surface area (Å²) in [5, 5.41) is 0. The lowest BCUT2D eigenvalue weighted by atomic mass is 10.0. The molecule has 3 unspecified atom stereocenters. The molecule has 2 aliphatic rings. The minimum atomic E-state index is 0.360. The van der Waals surface area contributed by atoms with Crippen LogP contribution in [0.5, 0.6) is 0 Å². The summed E-state index contributed by atoms with van der Waals surface area (Å²) in [6.45, 7) is 8.25. The summed E-state index contributed by atoms with van der Waals surface area (Å²) in [4.78, 5) is 5.25. The van der Waals surface area contributed by atoms with E-state index in [1.165, 1.54) is 32.4 Å². The van der Waals surface area contributed by atoms with Gasteiger partial charge in [-0.05, 0) is 51.7 Å². The van der Waals surface area contributed by atoms with Gasteiger partial charge in [-0.3, -0.25) is 4.90 Å². The van der Waals surface area contributed by atoms with E-state index >= 15 is 0 Å². The standard InChI is InChI=1S/C14H29N3/c1-11(2)12(15)6-9-16(3)13-7-10-17-8-4-5-14(13)17/h11-14H,4-10,15H2,1-3H3. The maximum atomic E-state index is 6.13. The molecule has 3 nitrogen and oxygen atoms in total. The number of hydrogen-bond donors (Lipinski definition) is 1. The molecule has 0 saturated carbocycles. The molecule has 0 aliphatic carbocycles. The first-order valence-corrected chi connectivity index (χ1v) is 7.29. The highest BCUT2D eigenvalue weighted by atomic mass is 15.3. The van der Waals surface area contributed by atoms with Crippen molar-refractivity contribution < 1.29 is 0 Å². The molecular formula is C14H29N3. The molecule has 0 aromatic rings. The number of rotatable bonds is 5. The molecule has 0 aromatic heterocycles. The van der Waals surface area contributed by atoms with Gasteiger partial charge < -0.3 is 10.6 Å². The third kappa shape index (κ3) is 3.01. The minimum absolute atomic E-state index is 0.360. The fourth-order valence-corrected chi connectivity index (χ4v) is 3.42. The van der Waals surface area contributed by atoms with E-state index < -0.39 is 0 Å². The van der Waals surface area contributed by atoms with Crippen molar-refractivity contribution in [2.75, 3.05) is 26.7 Å². The third-order valence-corrected chi connectivity index (χ3v) is 4.81. The van der Waals surface area contributed by atoms with Crippen molar-refractivity contribution in [3.05, 3.63) is 0 Å². The Labute approximate surface area is 106 Å². The zero-order valence-electron chi connectivity index (χ0n) is 11.7. The molecule has 3 atom stereocenters. The Kier molecular flexibility index (Phi) is 4.45. The second kappa shape index (κ2) is 5.68. The number of nitrogens with two attached hydrogens (primary N) is 1. The van der Waals surface area contributed by atoms with E-state index in [1.54, 1.807) is 0 Å². The molecule has 100 valence electrons. The van der Waals surface area contributed by atoms with Crippen LogP contribution in [-0.4, -0.2) is 54.6 Å². The highest BCUT2D eigenvalue weighted by Gasteiger charge is 2.38. The molecule has 2 heterocycles. The molecule has 2 aliphatic heterocycles. The van der Waals surface area contributed by atoms with Crippen LogP contribution in [0.3, 0.4) is 0 Å². The average molecular weight is 239 g/mol. The van der Waals surface area contributed by atoms with E-state index in [-0.39, 0.29) is 0 Å². The van der Waals surface area contributed by atoms with Crippen molar-refractivity contribution in [1.82, 2.24) is 9.80 Å². The van der Waals surface area contributed by atoms with Crippen LogP contribution in [0.15, 0.2) is 0 Å². The van der Waals surface area contributed by atoms with Gasteiger partial charge in [0.15, 0.2) is 0 Å². The van der Waals surface area contributed by atoms with Crippen LogP contribution in [0.1, 0.15) is 39.5 Å². The average Bonchev–Trinajstić information content (AvgIpc) is 2.86. The van der Waals surface area contributed by atoms with Gasteiger partial charge in [0.2, 0.25) is 0 Å². The quantitative estimate of drug-likeness (QED) is 0.790. The van der Waals surface area contributed by atoms with Crippen LogP contribution in [0.4, 0.5) is 0 Å². The van der Waals surface area contributed by atoms with Crippen LogP contribution in [-0.2, 0) is 0 Å². The van der Waals surface area contributed by atoms with Gasteiger partial charge in [-0.15, -0.1) is 0 Å². The lowest BCUT2D eigenvalue weighted by molar-refractivity contribution is 0.184. The van der Waals surface area contributed by atoms with Crippen molar-refractivity contribution in [3.63, 3.8) is 0 Å². The normalized spacial score (nSPS) is 31.4. The topological polar surface area (TPSA) is 32.5 Å². The van der Waals surface area contributed by atoms with E-state index in [0.717, 1.165) is 25.0 Å². The Morgan fingerprint density at radius 1 is 1.29 bits per heavy atom. The summed E-state index contributed by atoms with van der Waals surface area (Å²) >= 11 is 0. The summed E-state index contributed by atoms with van der Waals surface area (Å²) in [5.74, 6) is 0.606. The number of likely N-dealkylation sites (N-methyl/N-ethyl adjacent to an activating group) is 1. The summed E-state index contributed by atoms with van der Waals surface area (Å²) in [6.07, 6.45) is 5.31. The lowest BCUT2D eigenvalue weighted by Crippen LogP contribution is -2.42. The molecule has 0 bridgehead atoms. The SMILES string of the molecule is CC(C)C(N)CCN(C)C1CCN2CCCC12. The Bertz CT molecular complexity index is 242. The van der Waals surface area contributed by atoms with Crippen LogP contribution >= 0.6 is 0 Å². The predicted octanol–water partition coefficient (Wildman–Crippen LogP) is 1.53. The molecule has 3 heteroatoms. The summed E-state index contributed by atoms with van der Waals surface area (Å²) in [6, 6.07) is 1.99. The highest BCUT2D eigenvalue weighted by Crippen LogP contribution is 2.30. The molecule has 17 heavy (non-hydrogen) atoms. The van der Waals surface area contributed by atoms with Gasteiger partial charge in [0, 0.05) is 24.7 Å². The smallest absolute Gasteiger partial charge is 0.0260 e. The molecule has 0 aromatic carbocycles. The van der Waals surface area contributed by atoms with Gasteiger partial charge in [-0.2, -0.15) is 0 Å². The van der Waals surface area contributed by atoms with Gasteiger partial charge >= 0.3 is 0 Å². The molecule has 0 radical (unpaired) electrons. The molecule has 0 spiro atoms. The first kappa shape index (κ1) is 13.3. The van der Waals surface area contributed by atoms with Crippen molar-refractivity contribution in [2.24, 2.45) is 11.7 Å². The van der Waals surface area contributed by atoms with E-state index in [0.29, 0.717) is 12.0 Å². The number of hydrogen-bond acceptors (Lipinski definition) is 3. The van der Waals surface area contributed by atoms with Crippen LogP contribution in [0, 0.1) is 5.92 Å². The van der Waals surface area contributed by atoms with E-state index in [1.807, 2.05) is 0 Å². The second-order valence-electron chi connectivity index (χ2n) is 6.28. The predicted molar refractivity (Wildman–Crippen MR) is 73.1 cm³/mol. The van der Waals surface area contributed by atoms with Gasteiger partial charge in [0.05, 0.1) is 0 Å². The van der Waals surface area contributed by atoms with Crippen LogP contribution in [0.25, 0.3) is 0 Å². The zero-order chi connectivity index (χ0) is 12.4. The first-order valence-electron chi connectivity index (χ1n) is 7.29. The maximum Gasteiger partial charge on any atom is 0.0260 e. The molecule has 0 amide bonds. The fraction of sp³-hybridized carbons (Fsp3) is 1.00. The van der Waals surface area contributed by atoms with Gasteiger partial charge in [0.1, 0.15) is 0 Å². The zero-order valence-corrected chi connectivity index (χ0v) is 11.7. The van der Waals surface area contributed by atoms with E-state index in [9.17, 15) is 0 Å². The lowest BCUT2D eigenvalue weighted by Gasteiger charge is -2.30. The van der Waals surface area contributed by atoms with Crippen molar-refractivity contribution in [3.8, 4) is 0 Å². The molecule has 2 rings (SSSR count). The Morgan fingerprint density at radius 3 is 2.76 bits per heavy atom. The van der Waals surface area contributed by atoms with Gasteiger partial charge in [-0.25, -0.2) is 0 Å². The van der Waals surface area contributed by atoms with Crippen molar-refractivity contribution in [2.45, 2.75) is 57.7 Å². The summed E-state index contributed by atoms with van der Waals surface area (Å²) < 4.78 is 0. The third-order valence-electron chi connectivity index (χ3n) is 4.81. The molecule has 2 N–H and O–H groups in total. The van der Waals surface area contributed by atoms with Gasteiger partial charge in [0.25, 0.3) is 0 Å². The fourth-order valence-electron chi connectivity index (χ4n) is 3.42. The summed E-state index contributed by atoms with van der Waals surface area (Å²) in [5.41, 5.74) is 6.13. The highest BCUT2D eigenvalue weighted by molar-refractivity contribution is 4.96. The molecule has 2 saturated heterocycles.